The number of hydrogen-bond acceptors (Lipinski definition) is 8. The Hall–Kier alpha value is -2.92. The molecule has 1 atom stereocenters. The van der Waals surface area contributed by atoms with Gasteiger partial charge in [-0.25, -0.2) is 4.98 Å². The fraction of sp³-hybridized carbons (Fsp3) is 0.381. The highest BCUT2D eigenvalue weighted by Crippen LogP contribution is 2.29. The first kappa shape index (κ1) is 25.3. The maximum Gasteiger partial charge on any atom is 0.311 e. The average molecular weight is 480 g/mol. The minimum Gasteiger partial charge on any atom is -0.481 e. The first-order valence-electron chi connectivity index (χ1n) is 10.00. The number of thiazole rings is 1. The van der Waals surface area contributed by atoms with Crippen LogP contribution in [0.25, 0.3) is 0 Å². The van der Waals surface area contributed by atoms with E-state index in [9.17, 15) is 19.2 Å². The van der Waals surface area contributed by atoms with E-state index in [1.54, 1.807) is 30.5 Å². The molecule has 0 radical (unpaired) electrons. The van der Waals surface area contributed by atoms with Crippen molar-refractivity contribution < 1.29 is 29.0 Å². The fourth-order valence-electron chi connectivity index (χ4n) is 2.57. The highest BCUT2D eigenvalue weighted by molar-refractivity contribution is 8.00. The molecule has 2 aromatic rings. The van der Waals surface area contributed by atoms with Crippen molar-refractivity contribution in [3.8, 4) is 0 Å². The molecule has 9 nitrogen and oxygen atoms in total. The van der Waals surface area contributed by atoms with Gasteiger partial charge in [0.1, 0.15) is 0 Å². The van der Waals surface area contributed by atoms with Crippen molar-refractivity contribution in [2.75, 3.05) is 17.2 Å². The monoisotopic (exact) mass is 479 g/mol. The van der Waals surface area contributed by atoms with Crippen molar-refractivity contribution in [1.29, 1.82) is 0 Å². The number of nitrogens with one attached hydrogen (secondary N) is 2. The number of amides is 2. The predicted octanol–water partition coefficient (Wildman–Crippen LogP) is 3.56. The number of nitrogens with zero attached hydrogens (tertiary/aromatic N) is 1. The summed E-state index contributed by atoms with van der Waals surface area (Å²) in [6.07, 6.45) is 0.263. The summed E-state index contributed by atoms with van der Waals surface area (Å²) < 4.78 is 4.90. The van der Waals surface area contributed by atoms with Gasteiger partial charge in [0.05, 0.1) is 30.4 Å². The van der Waals surface area contributed by atoms with E-state index in [0.717, 1.165) is 4.90 Å². The Bertz CT molecular complexity index is 963. The smallest absolute Gasteiger partial charge is 0.311 e. The Morgan fingerprint density at radius 2 is 1.97 bits per heavy atom. The predicted molar refractivity (Wildman–Crippen MR) is 123 cm³/mol. The van der Waals surface area contributed by atoms with E-state index in [-0.39, 0.29) is 37.0 Å². The van der Waals surface area contributed by atoms with E-state index in [1.165, 1.54) is 23.1 Å². The summed E-state index contributed by atoms with van der Waals surface area (Å²) in [7, 11) is 0. The Morgan fingerprint density at radius 3 is 2.66 bits per heavy atom. The lowest BCUT2D eigenvalue weighted by Gasteiger charge is -2.14. The van der Waals surface area contributed by atoms with E-state index in [2.05, 4.69) is 15.6 Å². The Balaban J connectivity index is 1.94. The van der Waals surface area contributed by atoms with Gasteiger partial charge in [-0.3, -0.25) is 19.2 Å². The number of carbonyl (C=O) groups excluding carboxylic acids is 3. The maximum absolute atomic E-state index is 12.7. The van der Waals surface area contributed by atoms with Gasteiger partial charge >= 0.3 is 11.9 Å². The van der Waals surface area contributed by atoms with Crippen LogP contribution in [0.2, 0.25) is 0 Å². The van der Waals surface area contributed by atoms with Crippen LogP contribution in [0.1, 0.15) is 38.8 Å². The van der Waals surface area contributed by atoms with Crippen LogP contribution in [0.5, 0.6) is 0 Å². The van der Waals surface area contributed by atoms with Gasteiger partial charge in [0.15, 0.2) is 5.13 Å². The zero-order valence-corrected chi connectivity index (χ0v) is 19.4. The minimum atomic E-state index is -1.03. The number of ether oxygens (including phenoxy) is 1. The Kier molecular flexibility index (Phi) is 10.2. The second-order valence-electron chi connectivity index (χ2n) is 6.60. The molecule has 0 aliphatic carbocycles. The molecule has 3 N–H and O–H groups in total. The van der Waals surface area contributed by atoms with Crippen LogP contribution in [-0.4, -0.2) is 45.7 Å². The quantitative estimate of drug-likeness (QED) is 0.311. The average Bonchev–Trinajstić information content (AvgIpc) is 3.17. The van der Waals surface area contributed by atoms with Crippen molar-refractivity contribution in [2.45, 2.75) is 49.7 Å². The van der Waals surface area contributed by atoms with E-state index in [1.807, 2.05) is 13.0 Å². The summed E-state index contributed by atoms with van der Waals surface area (Å²) >= 11 is 2.58. The van der Waals surface area contributed by atoms with Crippen molar-refractivity contribution in [2.24, 2.45) is 0 Å². The molecular weight excluding hydrogens is 454 g/mol. The number of carboxylic acid groups (broad SMARTS) is 1. The van der Waals surface area contributed by atoms with Crippen LogP contribution in [0, 0.1) is 0 Å². The van der Waals surface area contributed by atoms with Gasteiger partial charge in [-0.2, -0.15) is 0 Å². The molecule has 2 amide bonds. The van der Waals surface area contributed by atoms with Crippen LogP contribution in [0.3, 0.4) is 0 Å². The zero-order valence-electron chi connectivity index (χ0n) is 17.8. The number of carbonyl (C=O) groups is 4. The lowest BCUT2D eigenvalue weighted by Crippen LogP contribution is -2.24. The van der Waals surface area contributed by atoms with Crippen LogP contribution >= 0.6 is 23.1 Å². The van der Waals surface area contributed by atoms with Crippen LogP contribution < -0.4 is 10.6 Å². The summed E-state index contributed by atoms with van der Waals surface area (Å²) in [5.74, 6) is -2.01. The van der Waals surface area contributed by atoms with Crippen LogP contribution in [-0.2, 0) is 30.3 Å². The molecule has 2 rings (SSSR count). The van der Waals surface area contributed by atoms with Crippen molar-refractivity contribution >= 4 is 57.7 Å². The lowest BCUT2D eigenvalue weighted by atomic mass is 10.2. The van der Waals surface area contributed by atoms with Gasteiger partial charge in [0.25, 0.3) is 0 Å². The van der Waals surface area contributed by atoms with Gasteiger partial charge in [-0.1, -0.05) is 13.0 Å². The Morgan fingerprint density at radius 1 is 1.19 bits per heavy atom. The third kappa shape index (κ3) is 8.67. The molecule has 11 heteroatoms. The lowest BCUT2D eigenvalue weighted by molar-refractivity contribution is -0.142. The normalized spacial score (nSPS) is 11.4. The molecular formula is C21H25N3O6S2. The Labute approximate surface area is 194 Å². The van der Waals surface area contributed by atoms with Crippen molar-refractivity contribution in [3.63, 3.8) is 0 Å². The fourth-order valence-corrected chi connectivity index (χ4v) is 4.30. The SMILES string of the molecule is CCOC(=O)Cc1csc(NC(=O)C(CC)Sc2cccc(NC(=O)CCC(=O)O)c2)n1. The highest BCUT2D eigenvalue weighted by Gasteiger charge is 2.20. The molecule has 172 valence electrons. The largest absolute Gasteiger partial charge is 0.481 e. The number of carboxylic acids is 1. The molecule has 0 saturated carbocycles. The molecule has 0 saturated heterocycles. The number of aromatic nitrogens is 1. The topological polar surface area (TPSA) is 135 Å². The van der Waals surface area contributed by atoms with E-state index in [4.69, 9.17) is 9.84 Å². The zero-order chi connectivity index (χ0) is 23.5. The molecule has 0 fully saturated rings. The van der Waals surface area contributed by atoms with Gasteiger partial charge in [0.2, 0.25) is 11.8 Å². The molecule has 0 aliphatic heterocycles. The number of thioether (sulfide) groups is 1. The molecule has 1 heterocycles. The molecule has 0 bridgehead atoms. The maximum atomic E-state index is 12.7. The molecule has 0 spiro atoms. The van der Waals surface area contributed by atoms with Crippen molar-refractivity contribution in [1.82, 2.24) is 4.98 Å². The van der Waals surface area contributed by atoms with Crippen LogP contribution in [0.4, 0.5) is 10.8 Å². The standard InChI is InChI=1S/C21H25N3O6S2/c1-3-16(20(29)24-21-23-14(12-31-21)11-19(28)30-4-2)32-15-7-5-6-13(10-15)22-17(25)8-9-18(26)27/h5-7,10,12,16H,3-4,8-9,11H2,1-2H3,(H,22,25)(H,26,27)(H,23,24,29). The van der Waals surface area contributed by atoms with E-state index < -0.39 is 11.2 Å². The first-order chi connectivity index (χ1) is 15.3. The van der Waals surface area contributed by atoms with Crippen LogP contribution in [0.15, 0.2) is 34.5 Å². The molecule has 0 aliphatic rings. The molecule has 1 aromatic carbocycles. The second-order valence-corrected chi connectivity index (χ2v) is 8.73. The number of anilines is 2. The van der Waals surface area contributed by atoms with Gasteiger partial charge in [-0.15, -0.1) is 23.1 Å². The minimum absolute atomic E-state index is 0.0527. The summed E-state index contributed by atoms with van der Waals surface area (Å²) in [4.78, 5) is 51.7. The third-order valence-corrected chi connectivity index (χ3v) is 6.20. The summed E-state index contributed by atoms with van der Waals surface area (Å²) in [6.45, 7) is 3.92. The van der Waals surface area contributed by atoms with Crippen molar-refractivity contribution in [3.05, 3.63) is 35.3 Å². The summed E-state index contributed by atoms with van der Waals surface area (Å²) in [5.41, 5.74) is 1.07. The van der Waals surface area contributed by atoms with Gasteiger partial charge in [-0.05, 0) is 31.5 Å². The number of aliphatic carboxylic acids is 1. The van der Waals surface area contributed by atoms with E-state index in [0.29, 0.717) is 29.5 Å². The van der Waals surface area contributed by atoms with Gasteiger partial charge in [0, 0.05) is 22.4 Å². The summed E-state index contributed by atoms with van der Waals surface area (Å²) in [5, 5.41) is 15.8. The number of esters is 1. The second kappa shape index (κ2) is 12.8. The number of rotatable bonds is 12. The van der Waals surface area contributed by atoms with E-state index >= 15 is 0 Å². The van der Waals surface area contributed by atoms with Gasteiger partial charge < -0.3 is 20.5 Å². The molecule has 32 heavy (non-hydrogen) atoms. The molecule has 1 unspecified atom stereocenters. The number of hydrogen-bond donors (Lipinski definition) is 3. The third-order valence-electron chi connectivity index (χ3n) is 4.04. The highest BCUT2D eigenvalue weighted by atomic mass is 32.2. The number of benzene rings is 1. The molecule has 1 aromatic heterocycles. The first-order valence-corrected chi connectivity index (χ1v) is 11.8. The summed E-state index contributed by atoms with van der Waals surface area (Å²) in [6, 6.07) is 7.01.